The maximum absolute atomic E-state index is 14.8. The molecule has 31 heavy (non-hydrogen) atoms. The monoisotopic (exact) mass is 468 g/mol. The third kappa shape index (κ3) is 5.18. The SMILES string of the molecule is Cc1ccc(F)c(C(=O)N(Cl)S(C)(=O)=O)c1-c1cccnc1O[C@H]1CCCC(C)(C)C1. The van der Waals surface area contributed by atoms with E-state index in [4.69, 9.17) is 16.5 Å². The van der Waals surface area contributed by atoms with E-state index in [2.05, 4.69) is 18.8 Å². The van der Waals surface area contributed by atoms with Gasteiger partial charge in [-0.2, -0.15) is 0 Å². The van der Waals surface area contributed by atoms with E-state index in [9.17, 15) is 17.6 Å². The van der Waals surface area contributed by atoms with Gasteiger partial charge in [0.05, 0.1) is 11.8 Å². The van der Waals surface area contributed by atoms with Gasteiger partial charge in [0.1, 0.15) is 11.9 Å². The minimum Gasteiger partial charge on any atom is -0.474 e. The summed E-state index contributed by atoms with van der Waals surface area (Å²) in [5, 5.41) is 0. The fourth-order valence-corrected chi connectivity index (χ4v) is 4.52. The van der Waals surface area contributed by atoms with E-state index < -0.39 is 27.3 Å². The molecule has 1 aliphatic carbocycles. The maximum Gasteiger partial charge on any atom is 0.286 e. The highest BCUT2D eigenvalue weighted by Crippen LogP contribution is 2.40. The summed E-state index contributed by atoms with van der Waals surface area (Å²) in [5.74, 6) is -1.78. The van der Waals surface area contributed by atoms with Crippen LogP contribution in [-0.2, 0) is 10.0 Å². The molecule has 1 saturated carbocycles. The van der Waals surface area contributed by atoms with E-state index in [1.54, 1.807) is 25.3 Å². The summed E-state index contributed by atoms with van der Waals surface area (Å²) in [6.07, 6.45) is 6.13. The van der Waals surface area contributed by atoms with Crippen LogP contribution in [0.15, 0.2) is 30.5 Å². The van der Waals surface area contributed by atoms with Crippen LogP contribution in [0.5, 0.6) is 5.88 Å². The van der Waals surface area contributed by atoms with Crippen LogP contribution in [0.3, 0.4) is 0 Å². The van der Waals surface area contributed by atoms with Crippen molar-refractivity contribution in [3.8, 4) is 17.0 Å². The molecule has 2 aromatic rings. The smallest absolute Gasteiger partial charge is 0.286 e. The zero-order valence-corrected chi connectivity index (χ0v) is 19.6. The largest absolute Gasteiger partial charge is 0.474 e. The van der Waals surface area contributed by atoms with Crippen LogP contribution in [0.4, 0.5) is 4.39 Å². The molecule has 0 bridgehead atoms. The quantitative estimate of drug-likeness (QED) is 0.570. The lowest BCUT2D eigenvalue weighted by Gasteiger charge is -2.35. The predicted octanol–water partition coefficient (Wildman–Crippen LogP) is 5.10. The molecule has 3 rings (SSSR count). The summed E-state index contributed by atoms with van der Waals surface area (Å²) in [5.41, 5.74) is 0.872. The first kappa shape index (κ1) is 23.5. The lowest BCUT2D eigenvalue weighted by Crippen LogP contribution is -2.31. The topological polar surface area (TPSA) is 76.6 Å². The second-order valence-corrected chi connectivity index (χ2v) is 11.1. The number of amides is 1. The first-order chi connectivity index (χ1) is 14.4. The zero-order valence-electron chi connectivity index (χ0n) is 18.0. The summed E-state index contributed by atoms with van der Waals surface area (Å²) < 4.78 is 44.7. The number of carbonyl (C=O) groups is 1. The maximum atomic E-state index is 14.8. The summed E-state index contributed by atoms with van der Waals surface area (Å²) in [7, 11) is -4.09. The Morgan fingerprint density at radius 2 is 2.03 bits per heavy atom. The van der Waals surface area contributed by atoms with Gasteiger partial charge < -0.3 is 4.74 Å². The van der Waals surface area contributed by atoms with Crippen molar-refractivity contribution in [1.82, 2.24) is 8.81 Å². The number of carbonyl (C=O) groups excluding carboxylic acids is 1. The number of hydrogen-bond acceptors (Lipinski definition) is 5. The zero-order chi connectivity index (χ0) is 23.0. The van der Waals surface area contributed by atoms with Gasteiger partial charge in [0.15, 0.2) is 0 Å². The van der Waals surface area contributed by atoms with Gasteiger partial charge in [-0.3, -0.25) is 4.79 Å². The van der Waals surface area contributed by atoms with E-state index in [0.717, 1.165) is 38.0 Å². The third-order valence-corrected chi connectivity index (χ3v) is 7.16. The van der Waals surface area contributed by atoms with Crippen molar-refractivity contribution >= 4 is 27.7 Å². The lowest BCUT2D eigenvalue weighted by atomic mass is 9.76. The molecule has 1 atom stereocenters. The molecule has 168 valence electrons. The van der Waals surface area contributed by atoms with Crippen molar-refractivity contribution < 1.29 is 22.3 Å². The predicted molar refractivity (Wildman–Crippen MR) is 118 cm³/mol. The van der Waals surface area contributed by atoms with Crippen molar-refractivity contribution in [2.75, 3.05) is 6.26 Å². The van der Waals surface area contributed by atoms with Gasteiger partial charge in [-0.05, 0) is 61.8 Å². The molecule has 0 saturated heterocycles. The molecule has 0 aliphatic heterocycles. The highest BCUT2D eigenvalue weighted by atomic mass is 35.5. The molecule has 1 aromatic heterocycles. The molecular formula is C22H26ClFN2O4S. The Morgan fingerprint density at radius 1 is 1.32 bits per heavy atom. The molecule has 0 radical (unpaired) electrons. The number of ether oxygens (including phenoxy) is 1. The normalized spacial score (nSPS) is 18.5. The molecule has 1 amide bonds. The van der Waals surface area contributed by atoms with Crippen LogP contribution in [0, 0.1) is 18.2 Å². The average molecular weight is 469 g/mol. The van der Waals surface area contributed by atoms with Gasteiger partial charge in [0.2, 0.25) is 15.9 Å². The van der Waals surface area contributed by atoms with Crippen LogP contribution >= 0.6 is 11.8 Å². The minimum atomic E-state index is -4.09. The first-order valence-electron chi connectivity index (χ1n) is 10.0. The summed E-state index contributed by atoms with van der Waals surface area (Å²) in [6.45, 7) is 6.08. The van der Waals surface area contributed by atoms with Crippen molar-refractivity contribution in [2.24, 2.45) is 5.41 Å². The number of nitrogens with zero attached hydrogens (tertiary/aromatic N) is 2. The van der Waals surface area contributed by atoms with Gasteiger partial charge in [0.25, 0.3) is 5.91 Å². The summed E-state index contributed by atoms with van der Waals surface area (Å²) in [6, 6.07) is 5.95. The Hall–Kier alpha value is -2.19. The number of rotatable bonds is 5. The van der Waals surface area contributed by atoms with E-state index >= 15 is 0 Å². The number of halogens is 2. The fraction of sp³-hybridized carbons (Fsp3) is 0.455. The molecule has 9 heteroatoms. The highest BCUT2D eigenvalue weighted by Gasteiger charge is 2.32. The number of sulfonamides is 1. The van der Waals surface area contributed by atoms with Crippen LogP contribution < -0.4 is 4.74 Å². The van der Waals surface area contributed by atoms with Crippen LogP contribution in [0.25, 0.3) is 11.1 Å². The van der Waals surface area contributed by atoms with E-state index in [1.165, 1.54) is 6.07 Å². The fourth-order valence-electron chi connectivity index (χ4n) is 4.04. The van der Waals surface area contributed by atoms with Crippen LogP contribution in [-0.4, -0.2) is 35.5 Å². The standard InChI is InChI=1S/C22H26ClFN2O4S/c1-14-9-10-17(24)19(21(27)26(23)31(4,28)29)18(14)16-8-6-12-25-20(16)30-15-7-5-11-22(2,3)13-15/h6,8-10,12,15H,5,7,11,13H2,1-4H3/t15-/m0/s1. The number of pyridine rings is 1. The van der Waals surface area contributed by atoms with Gasteiger partial charge in [-0.25, -0.2) is 17.8 Å². The molecule has 1 aliphatic rings. The Morgan fingerprint density at radius 3 is 2.68 bits per heavy atom. The van der Waals surface area contributed by atoms with Crippen LogP contribution in [0.2, 0.25) is 0 Å². The number of aryl methyl sites for hydroxylation is 1. The Kier molecular flexibility index (Phi) is 6.62. The molecule has 0 unspecified atom stereocenters. The van der Waals surface area contributed by atoms with Gasteiger partial charge in [-0.15, -0.1) is 3.82 Å². The number of benzene rings is 1. The van der Waals surface area contributed by atoms with Crippen molar-refractivity contribution in [3.05, 3.63) is 47.4 Å². The molecule has 0 N–H and O–H groups in total. The summed E-state index contributed by atoms with van der Waals surface area (Å²) >= 11 is 5.73. The first-order valence-corrected chi connectivity index (χ1v) is 12.2. The molecule has 1 heterocycles. The van der Waals surface area contributed by atoms with Gasteiger partial charge in [0, 0.05) is 29.1 Å². The summed E-state index contributed by atoms with van der Waals surface area (Å²) in [4.78, 5) is 17.2. The molecule has 1 fully saturated rings. The van der Waals surface area contributed by atoms with Crippen LogP contribution in [0.1, 0.15) is 55.5 Å². The van der Waals surface area contributed by atoms with E-state index in [1.807, 2.05) is 0 Å². The van der Waals surface area contributed by atoms with Crippen molar-refractivity contribution in [3.63, 3.8) is 0 Å². The Labute approximate surface area is 187 Å². The Bertz CT molecular complexity index is 1100. The van der Waals surface area contributed by atoms with E-state index in [0.29, 0.717) is 11.1 Å². The second kappa shape index (κ2) is 8.74. The highest BCUT2D eigenvalue weighted by molar-refractivity contribution is 7.89. The molecular weight excluding hydrogens is 443 g/mol. The molecule has 1 aromatic carbocycles. The third-order valence-electron chi connectivity index (χ3n) is 5.51. The van der Waals surface area contributed by atoms with Crippen molar-refractivity contribution in [1.29, 1.82) is 0 Å². The lowest BCUT2D eigenvalue weighted by molar-refractivity contribution is 0.0819. The number of hydrogen-bond donors (Lipinski definition) is 0. The van der Waals surface area contributed by atoms with Crippen molar-refractivity contribution in [2.45, 2.75) is 52.6 Å². The number of aromatic nitrogens is 1. The molecule has 6 nitrogen and oxygen atoms in total. The van der Waals surface area contributed by atoms with Gasteiger partial charge in [-0.1, -0.05) is 19.9 Å². The van der Waals surface area contributed by atoms with E-state index in [-0.39, 0.29) is 26.8 Å². The minimum absolute atomic E-state index is 0.0227. The Balaban J connectivity index is 2.10. The second-order valence-electron chi connectivity index (χ2n) is 8.75. The van der Waals surface area contributed by atoms with Gasteiger partial charge >= 0.3 is 0 Å². The average Bonchev–Trinajstić information content (AvgIpc) is 2.67. The molecule has 0 spiro atoms.